The fourth-order valence-corrected chi connectivity index (χ4v) is 2.10. The molecule has 20 heavy (non-hydrogen) atoms. The fraction of sp³-hybridized carbons (Fsp3) is 0.286. The van der Waals surface area contributed by atoms with Gasteiger partial charge in [-0.05, 0) is 47.5 Å². The molecule has 0 aliphatic rings. The van der Waals surface area contributed by atoms with Crippen molar-refractivity contribution in [3.05, 3.63) is 34.6 Å². The van der Waals surface area contributed by atoms with Crippen LogP contribution in [0, 0.1) is 6.92 Å². The van der Waals surface area contributed by atoms with Gasteiger partial charge in [0.25, 0.3) is 0 Å². The molecule has 106 valence electrons. The second-order valence-corrected chi connectivity index (χ2v) is 4.92. The lowest BCUT2D eigenvalue weighted by Gasteiger charge is -2.12. The summed E-state index contributed by atoms with van der Waals surface area (Å²) in [5.41, 5.74) is 1.10. The van der Waals surface area contributed by atoms with Gasteiger partial charge in [-0.1, -0.05) is 6.07 Å². The van der Waals surface area contributed by atoms with E-state index in [0.29, 0.717) is 27.7 Å². The van der Waals surface area contributed by atoms with Crippen molar-refractivity contribution in [1.29, 1.82) is 0 Å². The standard InChI is InChI=1S/C14H16BrN3O2/c1-4-16-13-12(15)14(18-8-17-13)20-10-6-5-9(2)7-11(10)19-3/h5-8H,4H2,1-3H3,(H,16,17,18). The molecule has 1 aromatic heterocycles. The minimum absolute atomic E-state index is 0.443. The van der Waals surface area contributed by atoms with E-state index >= 15 is 0 Å². The van der Waals surface area contributed by atoms with Gasteiger partial charge in [0.1, 0.15) is 16.6 Å². The van der Waals surface area contributed by atoms with Gasteiger partial charge in [-0.3, -0.25) is 0 Å². The Labute approximate surface area is 126 Å². The first-order valence-electron chi connectivity index (χ1n) is 6.22. The van der Waals surface area contributed by atoms with Crippen LogP contribution in [-0.4, -0.2) is 23.6 Å². The molecular formula is C14H16BrN3O2. The van der Waals surface area contributed by atoms with Crippen molar-refractivity contribution in [2.45, 2.75) is 13.8 Å². The Kier molecular flexibility index (Phi) is 4.79. The largest absolute Gasteiger partial charge is 0.493 e. The number of anilines is 1. The molecule has 0 saturated heterocycles. The smallest absolute Gasteiger partial charge is 0.239 e. The summed E-state index contributed by atoms with van der Waals surface area (Å²) in [5.74, 6) is 2.42. The van der Waals surface area contributed by atoms with Crippen LogP contribution < -0.4 is 14.8 Å². The highest BCUT2D eigenvalue weighted by atomic mass is 79.9. The van der Waals surface area contributed by atoms with Crippen LogP contribution in [0.5, 0.6) is 17.4 Å². The zero-order valence-corrected chi connectivity index (χ0v) is 13.2. The Morgan fingerprint density at radius 1 is 1.25 bits per heavy atom. The normalized spacial score (nSPS) is 10.2. The van der Waals surface area contributed by atoms with Crippen molar-refractivity contribution < 1.29 is 9.47 Å². The SMILES string of the molecule is CCNc1ncnc(Oc2ccc(C)cc2OC)c1Br. The zero-order chi connectivity index (χ0) is 14.5. The lowest BCUT2D eigenvalue weighted by atomic mass is 10.2. The molecule has 1 N–H and O–H groups in total. The first-order chi connectivity index (χ1) is 9.65. The van der Waals surface area contributed by atoms with Crippen molar-refractivity contribution in [3.63, 3.8) is 0 Å². The molecular weight excluding hydrogens is 322 g/mol. The van der Waals surface area contributed by atoms with Crippen LogP contribution in [-0.2, 0) is 0 Å². The van der Waals surface area contributed by atoms with Gasteiger partial charge >= 0.3 is 0 Å². The maximum absolute atomic E-state index is 5.81. The number of nitrogens with one attached hydrogen (secondary N) is 1. The molecule has 5 nitrogen and oxygen atoms in total. The van der Waals surface area contributed by atoms with Gasteiger partial charge in [-0.25, -0.2) is 9.97 Å². The van der Waals surface area contributed by atoms with Crippen molar-refractivity contribution in [1.82, 2.24) is 9.97 Å². The molecule has 0 saturated carbocycles. The van der Waals surface area contributed by atoms with Crippen LogP contribution in [0.2, 0.25) is 0 Å². The third-order valence-electron chi connectivity index (χ3n) is 2.63. The molecule has 0 amide bonds. The molecule has 2 rings (SSSR count). The van der Waals surface area contributed by atoms with Crippen molar-refractivity contribution in [3.8, 4) is 17.4 Å². The molecule has 0 fully saturated rings. The Morgan fingerprint density at radius 3 is 2.75 bits per heavy atom. The highest BCUT2D eigenvalue weighted by Crippen LogP contribution is 2.36. The van der Waals surface area contributed by atoms with E-state index in [4.69, 9.17) is 9.47 Å². The van der Waals surface area contributed by atoms with E-state index in [0.717, 1.165) is 12.1 Å². The van der Waals surface area contributed by atoms with Crippen LogP contribution in [0.1, 0.15) is 12.5 Å². The molecule has 0 spiro atoms. The predicted molar refractivity (Wildman–Crippen MR) is 81.7 cm³/mol. The molecule has 2 aromatic rings. The van der Waals surface area contributed by atoms with Crippen LogP contribution in [0.15, 0.2) is 29.0 Å². The summed E-state index contributed by atoms with van der Waals surface area (Å²) in [5, 5.41) is 3.13. The lowest BCUT2D eigenvalue weighted by molar-refractivity contribution is 0.372. The van der Waals surface area contributed by atoms with Crippen molar-refractivity contribution in [2.24, 2.45) is 0 Å². The second kappa shape index (κ2) is 6.56. The maximum Gasteiger partial charge on any atom is 0.239 e. The fourth-order valence-electron chi connectivity index (χ4n) is 1.68. The Morgan fingerprint density at radius 2 is 2.05 bits per heavy atom. The second-order valence-electron chi connectivity index (χ2n) is 4.13. The minimum atomic E-state index is 0.443. The van der Waals surface area contributed by atoms with Gasteiger partial charge in [0, 0.05) is 6.54 Å². The van der Waals surface area contributed by atoms with Crippen molar-refractivity contribution in [2.75, 3.05) is 19.0 Å². The average Bonchev–Trinajstić information content (AvgIpc) is 2.45. The first-order valence-corrected chi connectivity index (χ1v) is 7.01. The van der Waals surface area contributed by atoms with Gasteiger partial charge < -0.3 is 14.8 Å². The quantitative estimate of drug-likeness (QED) is 0.899. The number of ether oxygens (including phenoxy) is 2. The van der Waals surface area contributed by atoms with E-state index in [1.165, 1.54) is 6.33 Å². The summed E-state index contributed by atoms with van der Waals surface area (Å²) in [6.45, 7) is 4.76. The Bertz CT molecular complexity index is 605. The van der Waals surface area contributed by atoms with Gasteiger partial charge in [-0.2, -0.15) is 0 Å². The van der Waals surface area contributed by atoms with E-state index in [-0.39, 0.29) is 0 Å². The topological polar surface area (TPSA) is 56.3 Å². The molecule has 0 atom stereocenters. The molecule has 0 aliphatic carbocycles. The van der Waals surface area contributed by atoms with Gasteiger partial charge in [-0.15, -0.1) is 0 Å². The maximum atomic E-state index is 5.81. The van der Waals surface area contributed by atoms with E-state index in [1.54, 1.807) is 7.11 Å². The number of hydrogen-bond donors (Lipinski definition) is 1. The number of aryl methyl sites for hydroxylation is 1. The number of aromatic nitrogens is 2. The molecule has 0 aliphatic heterocycles. The lowest BCUT2D eigenvalue weighted by Crippen LogP contribution is -2.02. The molecule has 1 heterocycles. The highest BCUT2D eigenvalue weighted by Gasteiger charge is 2.13. The number of halogens is 1. The molecule has 0 unspecified atom stereocenters. The van der Waals surface area contributed by atoms with Crippen LogP contribution in [0.25, 0.3) is 0 Å². The van der Waals surface area contributed by atoms with Crippen LogP contribution in [0.4, 0.5) is 5.82 Å². The molecule has 6 heteroatoms. The third kappa shape index (κ3) is 3.19. The summed E-state index contributed by atoms with van der Waals surface area (Å²) >= 11 is 3.45. The summed E-state index contributed by atoms with van der Waals surface area (Å²) in [4.78, 5) is 8.29. The number of nitrogens with zero attached hydrogens (tertiary/aromatic N) is 2. The van der Waals surface area contributed by atoms with E-state index in [9.17, 15) is 0 Å². The van der Waals surface area contributed by atoms with Crippen LogP contribution in [0.3, 0.4) is 0 Å². The van der Waals surface area contributed by atoms with E-state index in [1.807, 2.05) is 32.0 Å². The van der Waals surface area contributed by atoms with E-state index in [2.05, 4.69) is 31.2 Å². The molecule has 0 radical (unpaired) electrons. The zero-order valence-electron chi connectivity index (χ0n) is 11.6. The average molecular weight is 338 g/mol. The monoisotopic (exact) mass is 337 g/mol. The number of hydrogen-bond acceptors (Lipinski definition) is 5. The molecule has 0 bridgehead atoms. The summed E-state index contributed by atoms with van der Waals surface area (Å²) < 4.78 is 11.8. The third-order valence-corrected chi connectivity index (χ3v) is 3.34. The van der Waals surface area contributed by atoms with Gasteiger partial charge in [0.15, 0.2) is 11.5 Å². The minimum Gasteiger partial charge on any atom is -0.493 e. The predicted octanol–water partition coefficient (Wildman–Crippen LogP) is 3.78. The van der Waals surface area contributed by atoms with E-state index < -0.39 is 0 Å². The summed E-state index contributed by atoms with van der Waals surface area (Å²) in [6.07, 6.45) is 1.46. The number of rotatable bonds is 5. The Hall–Kier alpha value is -1.82. The summed E-state index contributed by atoms with van der Waals surface area (Å²) in [7, 11) is 1.61. The van der Waals surface area contributed by atoms with Gasteiger partial charge in [0.2, 0.25) is 5.88 Å². The van der Waals surface area contributed by atoms with Gasteiger partial charge in [0.05, 0.1) is 7.11 Å². The molecule has 1 aromatic carbocycles. The van der Waals surface area contributed by atoms with Crippen LogP contribution >= 0.6 is 15.9 Å². The summed E-state index contributed by atoms with van der Waals surface area (Å²) in [6, 6.07) is 5.73. The van der Waals surface area contributed by atoms with Crippen molar-refractivity contribution >= 4 is 21.7 Å². The number of benzene rings is 1. The first kappa shape index (κ1) is 14.6. The Balaban J connectivity index is 2.33. The number of methoxy groups -OCH3 is 1. The highest BCUT2D eigenvalue weighted by molar-refractivity contribution is 9.10.